The van der Waals surface area contributed by atoms with Crippen molar-refractivity contribution in [3.05, 3.63) is 5.56 Å². The highest BCUT2D eigenvalue weighted by Crippen LogP contribution is 2.29. The zero-order valence-electron chi connectivity index (χ0n) is 6.53. The largest absolute Gasteiger partial charge is 0.530 e. The predicted molar refractivity (Wildman–Crippen MR) is 47.6 cm³/mol. The first-order valence-electron chi connectivity index (χ1n) is 3.10. The average Bonchev–Trinajstić information content (AvgIpc) is 2.45. The molecule has 1 aromatic rings. The number of hydrogen-bond acceptors (Lipinski definition) is 6. The quantitative estimate of drug-likeness (QED) is 0.724. The van der Waals surface area contributed by atoms with Gasteiger partial charge in [-0.1, -0.05) is 0 Å². The third kappa shape index (κ3) is 2.11. The molecule has 0 atom stereocenters. The van der Waals surface area contributed by atoms with E-state index < -0.39 is 6.09 Å². The molecule has 5 nitrogen and oxygen atoms in total. The molecule has 0 radical (unpaired) electrons. The van der Waals surface area contributed by atoms with Gasteiger partial charge in [-0.05, 0) is 17.8 Å². The number of aromatic nitrogens is 1. The molecule has 0 saturated heterocycles. The van der Waals surface area contributed by atoms with Gasteiger partial charge in [-0.3, -0.25) is 0 Å². The van der Waals surface area contributed by atoms with Crippen molar-refractivity contribution in [3.63, 3.8) is 0 Å². The number of nitrogens with zero attached hydrogens (tertiary/aromatic N) is 2. The van der Waals surface area contributed by atoms with Gasteiger partial charge >= 0.3 is 0 Å². The lowest BCUT2D eigenvalue weighted by atomic mass is 10.4. The van der Waals surface area contributed by atoms with E-state index in [0.29, 0.717) is 5.03 Å². The second kappa shape index (κ2) is 4.11. The number of nitriles is 1. The number of amides is 1. The molecule has 1 aromatic heterocycles. The number of hydrogen-bond donors (Lipinski definition) is 1. The second-order valence-electron chi connectivity index (χ2n) is 1.92. The minimum Gasteiger partial charge on any atom is -0.530 e. The summed E-state index contributed by atoms with van der Waals surface area (Å²) in [5, 5.41) is 21.6. The molecule has 7 heteroatoms. The molecule has 0 unspecified atom stereocenters. The summed E-state index contributed by atoms with van der Waals surface area (Å²) in [6.07, 6.45) is 0.325. The Morgan fingerprint density at radius 1 is 1.85 bits per heavy atom. The Morgan fingerprint density at radius 2 is 2.54 bits per heavy atom. The molecular formula is C6H4N3O2S2-. The fourth-order valence-electron chi connectivity index (χ4n) is 0.691. The summed E-state index contributed by atoms with van der Waals surface area (Å²) < 4.78 is 3.89. The summed E-state index contributed by atoms with van der Waals surface area (Å²) in [5.41, 5.74) is 0.252. The van der Waals surface area contributed by atoms with E-state index in [-0.39, 0.29) is 10.6 Å². The topological polar surface area (TPSA) is 88.8 Å². The highest BCUT2D eigenvalue weighted by molar-refractivity contribution is 7.98. The van der Waals surface area contributed by atoms with Crippen LogP contribution < -0.4 is 10.4 Å². The first-order chi connectivity index (χ1) is 6.19. The lowest BCUT2D eigenvalue weighted by Crippen LogP contribution is -2.28. The van der Waals surface area contributed by atoms with Gasteiger partial charge in [0.15, 0.2) is 0 Å². The zero-order valence-corrected chi connectivity index (χ0v) is 8.16. The molecule has 1 rings (SSSR count). The molecule has 1 N–H and O–H groups in total. The van der Waals surface area contributed by atoms with E-state index >= 15 is 0 Å². The van der Waals surface area contributed by atoms with E-state index in [1.165, 1.54) is 11.8 Å². The van der Waals surface area contributed by atoms with Crippen LogP contribution in [0.4, 0.5) is 9.80 Å². The van der Waals surface area contributed by atoms with Crippen LogP contribution in [0.25, 0.3) is 0 Å². The number of thioether (sulfide) groups is 1. The van der Waals surface area contributed by atoms with E-state index in [0.717, 1.165) is 11.5 Å². The molecule has 0 spiro atoms. The maximum atomic E-state index is 10.2. The number of carboxylic acid groups (broad SMARTS) is 1. The van der Waals surface area contributed by atoms with Crippen molar-refractivity contribution < 1.29 is 9.90 Å². The molecular weight excluding hydrogens is 210 g/mol. The minimum atomic E-state index is -1.44. The Balaban J connectivity index is 3.02. The normalized spacial score (nSPS) is 9.23. The summed E-state index contributed by atoms with van der Waals surface area (Å²) in [4.78, 5) is 10.2. The fourth-order valence-corrected chi connectivity index (χ4v) is 2.15. The van der Waals surface area contributed by atoms with Crippen molar-refractivity contribution in [2.45, 2.75) is 5.03 Å². The van der Waals surface area contributed by atoms with E-state index in [1.807, 2.05) is 11.4 Å². The Kier molecular flexibility index (Phi) is 3.11. The third-order valence-corrected chi connectivity index (χ3v) is 2.74. The summed E-state index contributed by atoms with van der Waals surface area (Å²) in [6.45, 7) is 0. The molecule has 0 bridgehead atoms. The van der Waals surface area contributed by atoms with Gasteiger partial charge in [0.1, 0.15) is 27.8 Å². The summed E-state index contributed by atoms with van der Waals surface area (Å²) >= 11 is 2.22. The lowest BCUT2D eigenvalue weighted by molar-refractivity contribution is -0.242. The monoisotopic (exact) mass is 214 g/mol. The van der Waals surface area contributed by atoms with Gasteiger partial charge in [0.05, 0.1) is 0 Å². The number of rotatable bonds is 2. The van der Waals surface area contributed by atoms with Gasteiger partial charge in [0.25, 0.3) is 0 Å². The molecule has 0 aliphatic heterocycles. The molecule has 13 heavy (non-hydrogen) atoms. The van der Waals surface area contributed by atoms with Crippen LogP contribution in [-0.4, -0.2) is 16.7 Å². The van der Waals surface area contributed by atoms with Crippen molar-refractivity contribution in [3.8, 4) is 6.07 Å². The summed E-state index contributed by atoms with van der Waals surface area (Å²) in [7, 11) is 0. The van der Waals surface area contributed by atoms with Gasteiger partial charge in [-0.2, -0.15) is 9.64 Å². The Morgan fingerprint density at radius 3 is 3.00 bits per heavy atom. The Hall–Kier alpha value is -1.26. The van der Waals surface area contributed by atoms with Crippen LogP contribution in [0, 0.1) is 11.3 Å². The lowest BCUT2D eigenvalue weighted by Gasteiger charge is -2.01. The SMILES string of the molecule is CSc1nsc(NC(=O)[O-])c1C#N. The highest BCUT2D eigenvalue weighted by Gasteiger charge is 2.11. The van der Waals surface area contributed by atoms with Gasteiger partial charge in [0, 0.05) is 0 Å². The predicted octanol–water partition coefficient (Wildman–Crippen LogP) is 0.492. The number of anilines is 1. The zero-order chi connectivity index (χ0) is 9.84. The van der Waals surface area contributed by atoms with Crippen molar-refractivity contribution in [2.24, 2.45) is 0 Å². The average molecular weight is 214 g/mol. The molecule has 0 saturated carbocycles. The first kappa shape index (κ1) is 9.83. The number of carbonyl (C=O) groups excluding carboxylic acids is 1. The maximum Gasteiger partial charge on any atom is 0.139 e. The van der Waals surface area contributed by atoms with E-state index in [9.17, 15) is 9.90 Å². The molecule has 0 aliphatic carbocycles. The summed E-state index contributed by atoms with van der Waals surface area (Å²) in [5.74, 6) is 0. The van der Waals surface area contributed by atoms with Crippen LogP contribution in [0.1, 0.15) is 5.56 Å². The van der Waals surface area contributed by atoms with Crippen LogP contribution in [-0.2, 0) is 0 Å². The van der Waals surface area contributed by atoms with Crippen LogP contribution in [0.5, 0.6) is 0 Å². The van der Waals surface area contributed by atoms with Crippen LogP contribution >= 0.6 is 23.3 Å². The van der Waals surface area contributed by atoms with Gasteiger partial charge in [-0.15, -0.1) is 11.8 Å². The van der Waals surface area contributed by atoms with Crippen molar-refractivity contribution >= 4 is 34.4 Å². The van der Waals surface area contributed by atoms with Crippen LogP contribution in [0.3, 0.4) is 0 Å². The smallest absolute Gasteiger partial charge is 0.139 e. The minimum absolute atomic E-state index is 0.215. The molecule has 1 amide bonds. The van der Waals surface area contributed by atoms with Gasteiger partial charge in [-0.25, -0.2) is 0 Å². The van der Waals surface area contributed by atoms with Crippen molar-refractivity contribution in [2.75, 3.05) is 11.6 Å². The molecule has 68 valence electrons. The molecule has 0 aliphatic rings. The van der Waals surface area contributed by atoms with Crippen LogP contribution in [0.2, 0.25) is 0 Å². The highest BCUT2D eigenvalue weighted by atomic mass is 32.2. The fraction of sp³-hybridized carbons (Fsp3) is 0.167. The summed E-state index contributed by atoms with van der Waals surface area (Å²) in [6, 6.07) is 1.87. The molecule has 0 aromatic carbocycles. The van der Waals surface area contributed by atoms with Gasteiger partial charge < -0.3 is 15.2 Å². The van der Waals surface area contributed by atoms with E-state index in [2.05, 4.69) is 4.37 Å². The van der Waals surface area contributed by atoms with E-state index in [4.69, 9.17) is 5.26 Å². The standard InChI is InChI=1S/C6H5N3O2S2/c1-12-5-3(2-7)4(13-9-5)8-6(10)11/h8H,1H3,(H,10,11)/p-1. The number of nitrogens with one attached hydrogen (secondary N) is 1. The van der Waals surface area contributed by atoms with Crippen molar-refractivity contribution in [1.29, 1.82) is 5.26 Å². The van der Waals surface area contributed by atoms with Gasteiger partial charge in [0.2, 0.25) is 0 Å². The second-order valence-corrected chi connectivity index (χ2v) is 3.49. The Bertz CT molecular complexity index is 368. The molecule has 1 heterocycles. The van der Waals surface area contributed by atoms with E-state index in [1.54, 1.807) is 6.26 Å². The van der Waals surface area contributed by atoms with Crippen molar-refractivity contribution in [1.82, 2.24) is 4.37 Å². The van der Waals surface area contributed by atoms with Crippen LogP contribution in [0.15, 0.2) is 5.03 Å². The third-order valence-electron chi connectivity index (χ3n) is 1.18. The molecule has 0 fully saturated rings. The maximum absolute atomic E-state index is 10.2. The Labute approximate surface area is 82.5 Å². The first-order valence-corrected chi connectivity index (χ1v) is 5.10. The number of carbonyl (C=O) groups is 1.